The van der Waals surface area contributed by atoms with Gasteiger partial charge in [0.05, 0.1) is 0 Å². The van der Waals surface area contributed by atoms with Crippen LogP contribution < -0.4 is 0 Å². The molecule has 0 heterocycles. The van der Waals surface area contributed by atoms with E-state index in [1.165, 1.54) is 5.56 Å². The van der Waals surface area contributed by atoms with Gasteiger partial charge in [0.25, 0.3) is 0 Å². The fourth-order valence-electron chi connectivity index (χ4n) is 2.10. The maximum atomic E-state index is 11.8. The van der Waals surface area contributed by atoms with Gasteiger partial charge in [-0.25, -0.2) is 0 Å². The van der Waals surface area contributed by atoms with Crippen LogP contribution >= 0.6 is 0 Å². The standard InChI is InChI=1S/C12H14O/c1-2-5-10-8-9-6-3-4-7-11(9)12(10)13/h3-4,6-7,10H,2,5,8H2,1H3/t10-/m1/s1. The monoisotopic (exact) mass is 174 g/mol. The van der Waals surface area contributed by atoms with Crippen LogP contribution in [0.15, 0.2) is 24.3 Å². The van der Waals surface area contributed by atoms with Crippen molar-refractivity contribution in [2.75, 3.05) is 0 Å². The molecular weight excluding hydrogens is 160 g/mol. The number of hydrogen-bond acceptors (Lipinski definition) is 1. The molecule has 0 radical (unpaired) electrons. The first-order valence-electron chi connectivity index (χ1n) is 4.95. The summed E-state index contributed by atoms with van der Waals surface area (Å²) in [6.07, 6.45) is 3.10. The Morgan fingerprint density at radius 1 is 1.38 bits per heavy atom. The third-order valence-corrected chi connectivity index (χ3v) is 2.76. The maximum absolute atomic E-state index is 11.8. The van der Waals surface area contributed by atoms with Crippen LogP contribution in [0.3, 0.4) is 0 Å². The Morgan fingerprint density at radius 2 is 2.15 bits per heavy atom. The lowest BCUT2D eigenvalue weighted by Gasteiger charge is -2.03. The molecule has 0 saturated heterocycles. The largest absolute Gasteiger partial charge is 0.294 e. The lowest BCUT2D eigenvalue weighted by atomic mass is 10.00. The Balaban J connectivity index is 2.28. The Bertz CT molecular complexity index is 328. The maximum Gasteiger partial charge on any atom is 0.166 e. The van der Waals surface area contributed by atoms with Crippen LogP contribution in [0.2, 0.25) is 0 Å². The first kappa shape index (κ1) is 8.49. The zero-order chi connectivity index (χ0) is 9.26. The predicted molar refractivity (Wildman–Crippen MR) is 52.9 cm³/mol. The average Bonchev–Trinajstić information content (AvgIpc) is 2.46. The van der Waals surface area contributed by atoms with E-state index in [1.54, 1.807) is 0 Å². The minimum Gasteiger partial charge on any atom is -0.294 e. The molecule has 68 valence electrons. The molecule has 0 N–H and O–H groups in total. The lowest BCUT2D eigenvalue weighted by molar-refractivity contribution is 0.0930. The van der Waals surface area contributed by atoms with Gasteiger partial charge < -0.3 is 0 Å². The first-order chi connectivity index (χ1) is 6.33. The number of carbonyl (C=O) groups is 1. The van der Waals surface area contributed by atoms with Gasteiger partial charge >= 0.3 is 0 Å². The molecule has 1 nitrogen and oxygen atoms in total. The highest BCUT2D eigenvalue weighted by Crippen LogP contribution is 2.29. The van der Waals surface area contributed by atoms with E-state index in [0.717, 1.165) is 24.8 Å². The summed E-state index contributed by atoms with van der Waals surface area (Å²) in [5, 5.41) is 0. The lowest BCUT2D eigenvalue weighted by Crippen LogP contribution is -2.07. The SMILES string of the molecule is CCC[C@@H]1Cc2ccccc2C1=O. The molecule has 2 rings (SSSR count). The van der Waals surface area contributed by atoms with Crippen molar-refractivity contribution in [3.63, 3.8) is 0 Å². The highest BCUT2D eigenvalue weighted by Gasteiger charge is 2.28. The van der Waals surface area contributed by atoms with Gasteiger partial charge in [0, 0.05) is 11.5 Å². The molecule has 0 spiro atoms. The van der Waals surface area contributed by atoms with Crippen molar-refractivity contribution in [1.82, 2.24) is 0 Å². The molecule has 1 atom stereocenters. The van der Waals surface area contributed by atoms with Crippen LogP contribution in [0, 0.1) is 5.92 Å². The van der Waals surface area contributed by atoms with E-state index < -0.39 is 0 Å². The first-order valence-corrected chi connectivity index (χ1v) is 4.95. The van der Waals surface area contributed by atoms with Gasteiger partial charge in [0.15, 0.2) is 5.78 Å². The second kappa shape index (κ2) is 3.33. The molecular formula is C12H14O. The van der Waals surface area contributed by atoms with E-state index in [9.17, 15) is 4.79 Å². The van der Waals surface area contributed by atoms with Crippen molar-refractivity contribution in [3.8, 4) is 0 Å². The van der Waals surface area contributed by atoms with E-state index in [-0.39, 0.29) is 5.92 Å². The number of rotatable bonds is 2. The van der Waals surface area contributed by atoms with Crippen LogP contribution in [0.4, 0.5) is 0 Å². The number of hydrogen-bond donors (Lipinski definition) is 0. The van der Waals surface area contributed by atoms with Crippen molar-refractivity contribution in [2.24, 2.45) is 5.92 Å². The molecule has 0 aromatic heterocycles. The minimum absolute atomic E-state index is 0.266. The molecule has 0 unspecified atom stereocenters. The smallest absolute Gasteiger partial charge is 0.166 e. The topological polar surface area (TPSA) is 17.1 Å². The minimum atomic E-state index is 0.266. The molecule has 1 aromatic rings. The summed E-state index contributed by atoms with van der Waals surface area (Å²) < 4.78 is 0. The Kier molecular flexibility index (Phi) is 2.17. The van der Waals surface area contributed by atoms with Crippen LogP contribution in [-0.2, 0) is 6.42 Å². The summed E-state index contributed by atoms with van der Waals surface area (Å²) in [5.41, 5.74) is 2.20. The van der Waals surface area contributed by atoms with Gasteiger partial charge in [-0.3, -0.25) is 4.79 Å². The normalized spacial score (nSPS) is 20.4. The number of ketones is 1. The van der Waals surface area contributed by atoms with E-state index in [2.05, 4.69) is 13.0 Å². The molecule has 1 aliphatic rings. The molecule has 0 bridgehead atoms. The van der Waals surface area contributed by atoms with Gasteiger partial charge in [-0.1, -0.05) is 37.6 Å². The van der Waals surface area contributed by atoms with Crippen molar-refractivity contribution < 1.29 is 4.79 Å². The number of fused-ring (bicyclic) bond motifs is 1. The summed E-state index contributed by atoms with van der Waals surface area (Å²) >= 11 is 0. The zero-order valence-electron chi connectivity index (χ0n) is 7.92. The van der Waals surface area contributed by atoms with Crippen LogP contribution in [0.1, 0.15) is 35.7 Å². The predicted octanol–water partition coefficient (Wildman–Crippen LogP) is 2.84. The average molecular weight is 174 g/mol. The highest BCUT2D eigenvalue weighted by atomic mass is 16.1. The fraction of sp³-hybridized carbons (Fsp3) is 0.417. The second-order valence-electron chi connectivity index (χ2n) is 3.71. The Labute approximate surface area is 78.8 Å². The van der Waals surface area contributed by atoms with Gasteiger partial charge in [-0.15, -0.1) is 0 Å². The number of carbonyl (C=O) groups excluding carboxylic acids is 1. The van der Waals surface area contributed by atoms with Crippen LogP contribution in [-0.4, -0.2) is 5.78 Å². The summed E-state index contributed by atoms with van der Waals surface area (Å²) in [6, 6.07) is 7.99. The second-order valence-corrected chi connectivity index (χ2v) is 3.71. The van der Waals surface area contributed by atoms with Gasteiger partial charge in [-0.05, 0) is 18.4 Å². The molecule has 1 aromatic carbocycles. The van der Waals surface area contributed by atoms with Crippen molar-refractivity contribution in [3.05, 3.63) is 35.4 Å². The molecule has 0 aliphatic heterocycles. The van der Waals surface area contributed by atoms with E-state index in [1.807, 2.05) is 18.2 Å². The molecule has 0 saturated carbocycles. The molecule has 1 heteroatoms. The fourth-order valence-corrected chi connectivity index (χ4v) is 2.10. The summed E-state index contributed by atoms with van der Waals surface area (Å²) in [5.74, 6) is 0.625. The third kappa shape index (κ3) is 1.39. The van der Waals surface area contributed by atoms with Crippen LogP contribution in [0.5, 0.6) is 0 Å². The number of Topliss-reactive ketones (excluding diaryl/α,β-unsaturated/α-hetero) is 1. The molecule has 13 heavy (non-hydrogen) atoms. The van der Waals surface area contributed by atoms with Crippen molar-refractivity contribution >= 4 is 5.78 Å². The van der Waals surface area contributed by atoms with Gasteiger partial charge in [0.1, 0.15) is 0 Å². The summed E-state index contributed by atoms with van der Waals surface area (Å²) in [7, 11) is 0. The summed E-state index contributed by atoms with van der Waals surface area (Å²) in [6.45, 7) is 2.14. The molecule has 0 amide bonds. The van der Waals surface area contributed by atoms with Crippen LogP contribution in [0.25, 0.3) is 0 Å². The van der Waals surface area contributed by atoms with Crippen molar-refractivity contribution in [2.45, 2.75) is 26.2 Å². The number of benzene rings is 1. The Morgan fingerprint density at radius 3 is 2.85 bits per heavy atom. The summed E-state index contributed by atoms with van der Waals surface area (Å²) in [4.78, 5) is 11.8. The molecule has 0 fully saturated rings. The Hall–Kier alpha value is -1.11. The molecule has 1 aliphatic carbocycles. The van der Waals surface area contributed by atoms with Gasteiger partial charge in [0.2, 0.25) is 0 Å². The zero-order valence-corrected chi connectivity index (χ0v) is 7.92. The highest BCUT2D eigenvalue weighted by molar-refractivity contribution is 6.02. The van der Waals surface area contributed by atoms with E-state index >= 15 is 0 Å². The van der Waals surface area contributed by atoms with E-state index in [4.69, 9.17) is 0 Å². The van der Waals surface area contributed by atoms with Gasteiger partial charge in [-0.2, -0.15) is 0 Å². The van der Waals surface area contributed by atoms with Crippen molar-refractivity contribution in [1.29, 1.82) is 0 Å². The van der Waals surface area contributed by atoms with E-state index in [0.29, 0.717) is 5.78 Å². The third-order valence-electron chi connectivity index (χ3n) is 2.76. The quantitative estimate of drug-likeness (QED) is 0.673.